The van der Waals surface area contributed by atoms with Crippen molar-refractivity contribution in [1.82, 2.24) is 0 Å². The summed E-state index contributed by atoms with van der Waals surface area (Å²) in [6.45, 7) is 2.14. The van der Waals surface area contributed by atoms with Crippen molar-refractivity contribution in [3.8, 4) is 0 Å². The normalized spacial score (nSPS) is 11.7. The lowest BCUT2D eigenvalue weighted by Crippen LogP contribution is -2.23. The average molecular weight is 270 g/mol. The minimum atomic E-state index is -0.544. The number of hydrogen-bond donors (Lipinski definition) is 2. The highest BCUT2D eigenvalue weighted by atomic mass is 16.5. The molecule has 0 bridgehead atoms. The zero-order valence-electron chi connectivity index (χ0n) is 11.4. The molecule has 104 valence electrons. The molecule has 20 heavy (non-hydrogen) atoms. The van der Waals surface area contributed by atoms with E-state index in [4.69, 9.17) is 10.5 Å². The quantitative estimate of drug-likeness (QED) is 0.647. The maximum absolute atomic E-state index is 12.1. The van der Waals surface area contributed by atoms with E-state index in [2.05, 4.69) is 5.32 Å². The number of nitrogens with one attached hydrogen (secondary N) is 1. The first kappa shape index (κ1) is 13.9. The number of carbonyl (C=O) groups is 1. The highest BCUT2D eigenvalue weighted by Crippen LogP contribution is 2.22. The fraction of sp³-hybridized carbons (Fsp3) is 0.188. The molecular weight excluding hydrogens is 252 g/mol. The average Bonchev–Trinajstić information content (AvgIpc) is 2.47. The standard InChI is InChI=1S/C16H18N2O2/c1-2-20-16(19)15(12-8-10-13(17)11-9-12)18-14-6-4-3-5-7-14/h3-11,15,18H,2,17H2,1H3. The van der Waals surface area contributed by atoms with Gasteiger partial charge in [-0.25, -0.2) is 4.79 Å². The second-order valence-electron chi connectivity index (χ2n) is 4.36. The van der Waals surface area contributed by atoms with Crippen LogP contribution in [0.4, 0.5) is 11.4 Å². The number of anilines is 2. The Balaban J connectivity index is 2.25. The second kappa shape index (κ2) is 6.61. The van der Waals surface area contributed by atoms with Crippen LogP contribution in [0.3, 0.4) is 0 Å². The van der Waals surface area contributed by atoms with Crippen molar-refractivity contribution in [3.63, 3.8) is 0 Å². The Kier molecular flexibility index (Phi) is 4.60. The SMILES string of the molecule is CCOC(=O)C(Nc1ccccc1)c1ccc(N)cc1. The van der Waals surface area contributed by atoms with Crippen molar-refractivity contribution in [2.45, 2.75) is 13.0 Å². The van der Waals surface area contributed by atoms with Gasteiger partial charge in [-0.3, -0.25) is 0 Å². The zero-order valence-corrected chi connectivity index (χ0v) is 11.4. The molecule has 2 rings (SSSR count). The van der Waals surface area contributed by atoms with Gasteiger partial charge in [0.15, 0.2) is 6.04 Å². The number of esters is 1. The second-order valence-corrected chi connectivity index (χ2v) is 4.36. The molecule has 1 atom stereocenters. The van der Waals surface area contributed by atoms with E-state index >= 15 is 0 Å². The number of nitrogens with two attached hydrogens (primary N) is 1. The van der Waals surface area contributed by atoms with Crippen LogP contribution < -0.4 is 11.1 Å². The van der Waals surface area contributed by atoms with Gasteiger partial charge in [0, 0.05) is 11.4 Å². The molecule has 4 heteroatoms. The summed E-state index contributed by atoms with van der Waals surface area (Å²) in [5, 5.41) is 3.18. The van der Waals surface area contributed by atoms with Gasteiger partial charge in [-0.1, -0.05) is 30.3 Å². The van der Waals surface area contributed by atoms with Crippen molar-refractivity contribution in [1.29, 1.82) is 0 Å². The Morgan fingerprint density at radius 2 is 1.80 bits per heavy atom. The minimum Gasteiger partial charge on any atom is -0.464 e. The fourth-order valence-corrected chi connectivity index (χ4v) is 1.89. The van der Waals surface area contributed by atoms with Gasteiger partial charge in [-0.15, -0.1) is 0 Å². The zero-order chi connectivity index (χ0) is 14.4. The third kappa shape index (κ3) is 3.51. The molecule has 2 aromatic carbocycles. The molecule has 3 N–H and O–H groups in total. The maximum Gasteiger partial charge on any atom is 0.333 e. The van der Waals surface area contributed by atoms with E-state index in [1.165, 1.54) is 0 Å². The number of carbonyl (C=O) groups excluding carboxylic acids is 1. The van der Waals surface area contributed by atoms with Crippen molar-refractivity contribution in [3.05, 3.63) is 60.2 Å². The van der Waals surface area contributed by atoms with E-state index in [0.29, 0.717) is 12.3 Å². The number of ether oxygens (including phenoxy) is 1. The third-order valence-electron chi connectivity index (χ3n) is 2.88. The van der Waals surface area contributed by atoms with E-state index in [9.17, 15) is 4.79 Å². The van der Waals surface area contributed by atoms with Gasteiger partial charge in [0.1, 0.15) is 0 Å². The summed E-state index contributed by atoms with van der Waals surface area (Å²) < 4.78 is 5.13. The Morgan fingerprint density at radius 3 is 2.40 bits per heavy atom. The monoisotopic (exact) mass is 270 g/mol. The van der Waals surface area contributed by atoms with Crippen molar-refractivity contribution < 1.29 is 9.53 Å². The smallest absolute Gasteiger partial charge is 0.333 e. The molecule has 0 aromatic heterocycles. The molecule has 0 aliphatic rings. The van der Waals surface area contributed by atoms with Gasteiger partial charge in [-0.2, -0.15) is 0 Å². The Morgan fingerprint density at radius 1 is 1.15 bits per heavy atom. The highest BCUT2D eigenvalue weighted by molar-refractivity contribution is 5.81. The van der Waals surface area contributed by atoms with E-state index < -0.39 is 6.04 Å². The molecule has 0 fully saturated rings. The van der Waals surface area contributed by atoms with Gasteiger partial charge in [0.05, 0.1) is 6.61 Å². The Bertz CT molecular complexity index is 552. The largest absolute Gasteiger partial charge is 0.464 e. The predicted molar refractivity (Wildman–Crippen MR) is 80.3 cm³/mol. The molecule has 0 radical (unpaired) electrons. The molecule has 0 saturated heterocycles. The van der Waals surface area contributed by atoms with Crippen molar-refractivity contribution >= 4 is 17.3 Å². The molecule has 0 heterocycles. The van der Waals surface area contributed by atoms with Gasteiger partial charge < -0.3 is 15.8 Å². The Hall–Kier alpha value is -2.49. The first-order chi connectivity index (χ1) is 9.70. The van der Waals surface area contributed by atoms with Crippen LogP contribution in [-0.2, 0) is 9.53 Å². The number of rotatable bonds is 5. The molecule has 0 spiro atoms. The lowest BCUT2D eigenvalue weighted by Gasteiger charge is -2.19. The Labute approximate surface area is 118 Å². The van der Waals surface area contributed by atoms with E-state index in [1.807, 2.05) is 42.5 Å². The molecule has 0 aliphatic carbocycles. The lowest BCUT2D eigenvalue weighted by atomic mass is 10.1. The number of nitrogen functional groups attached to an aromatic ring is 1. The molecule has 4 nitrogen and oxygen atoms in total. The maximum atomic E-state index is 12.1. The van der Waals surface area contributed by atoms with Gasteiger partial charge in [0.2, 0.25) is 0 Å². The molecule has 0 amide bonds. The predicted octanol–water partition coefficient (Wildman–Crippen LogP) is 2.99. The van der Waals surface area contributed by atoms with Crippen LogP contribution in [0.25, 0.3) is 0 Å². The molecule has 0 aliphatic heterocycles. The van der Waals surface area contributed by atoms with Crippen LogP contribution >= 0.6 is 0 Å². The molecular formula is C16H18N2O2. The van der Waals surface area contributed by atoms with E-state index in [-0.39, 0.29) is 5.97 Å². The molecule has 1 unspecified atom stereocenters. The topological polar surface area (TPSA) is 64.3 Å². The number of benzene rings is 2. The van der Waals surface area contributed by atoms with Crippen molar-refractivity contribution in [2.75, 3.05) is 17.7 Å². The van der Waals surface area contributed by atoms with E-state index in [0.717, 1.165) is 11.3 Å². The minimum absolute atomic E-state index is 0.305. The molecule has 0 saturated carbocycles. The first-order valence-corrected chi connectivity index (χ1v) is 6.54. The first-order valence-electron chi connectivity index (χ1n) is 6.54. The summed E-state index contributed by atoms with van der Waals surface area (Å²) in [7, 11) is 0. The summed E-state index contributed by atoms with van der Waals surface area (Å²) in [5.74, 6) is -0.305. The van der Waals surface area contributed by atoms with Crippen LogP contribution in [0.2, 0.25) is 0 Å². The van der Waals surface area contributed by atoms with Crippen LogP contribution in [0.15, 0.2) is 54.6 Å². The van der Waals surface area contributed by atoms with Crippen LogP contribution in [0.5, 0.6) is 0 Å². The van der Waals surface area contributed by atoms with Crippen LogP contribution in [0.1, 0.15) is 18.5 Å². The van der Waals surface area contributed by atoms with Crippen LogP contribution in [0, 0.1) is 0 Å². The van der Waals surface area contributed by atoms with Gasteiger partial charge in [0.25, 0.3) is 0 Å². The summed E-state index contributed by atoms with van der Waals surface area (Å²) >= 11 is 0. The summed E-state index contributed by atoms with van der Waals surface area (Å²) in [5.41, 5.74) is 8.02. The number of para-hydroxylation sites is 1. The van der Waals surface area contributed by atoms with E-state index in [1.54, 1.807) is 19.1 Å². The highest BCUT2D eigenvalue weighted by Gasteiger charge is 2.21. The fourth-order valence-electron chi connectivity index (χ4n) is 1.89. The lowest BCUT2D eigenvalue weighted by molar-refractivity contribution is -0.144. The third-order valence-corrected chi connectivity index (χ3v) is 2.88. The molecule has 2 aromatic rings. The summed E-state index contributed by atoms with van der Waals surface area (Å²) in [4.78, 5) is 12.1. The van der Waals surface area contributed by atoms with Gasteiger partial charge in [-0.05, 0) is 36.8 Å². The van der Waals surface area contributed by atoms with Gasteiger partial charge >= 0.3 is 5.97 Å². The van der Waals surface area contributed by atoms with Crippen LogP contribution in [-0.4, -0.2) is 12.6 Å². The number of hydrogen-bond acceptors (Lipinski definition) is 4. The van der Waals surface area contributed by atoms with Crippen molar-refractivity contribution in [2.24, 2.45) is 0 Å². The summed E-state index contributed by atoms with van der Waals surface area (Å²) in [6, 6.07) is 16.2. The summed E-state index contributed by atoms with van der Waals surface area (Å²) in [6.07, 6.45) is 0.